The molecule has 5 nitrogen and oxygen atoms in total. The molecular weight excluding hydrogens is 302 g/mol. The maximum absolute atomic E-state index is 10.9. The first kappa shape index (κ1) is 15.2. The van der Waals surface area contributed by atoms with Crippen LogP contribution in [0.3, 0.4) is 0 Å². The van der Waals surface area contributed by atoms with E-state index in [1.54, 1.807) is 30.3 Å². The molecule has 0 radical (unpaired) electrons. The van der Waals surface area contributed by atoms with Crippen molar-refractivity contribution in [1.82, 2.24) is 0 Å². The maximum Gasteiger partial charge on any atom is 0.288 e. The number of benzene rings is 2. The van der Waals surface area contributed by atoms with E-state index in [4.69, 9.17) is 16.9 Å². The van der Waals surface area contributed by atoms with Gasteiger partial charge in [0.15, 0.2) is 0 Å². The van der Waals surface area contributed by atoms with E-state index in [0.29, 0.717) is 22.3 Å². The monoisotopic (exact) mass is 309 g/mol. The quantitative estimate of drug-likeness (QED) is 0.368. The van der Waals surface area contributed by atoms with Gasteiger partial charge in [-0.2, -0.15) is 10.5 Å². The minimum Gasteiger partial charge on any atom is -0.258 e. The van der Waals surface area contributed by atoms with Crippen molar-refractivity contribution in [3.63, 3.8) is 0 Å². The molecule has 0 fully saturated rings. The molecule has 0 unspecified atom stereocenters. The van der Waals surface area contributed by atoms with Crippen LogP contribution in [0.15, 0.2) is 42.5 Å². The van der Waals surface area contributed by atoms with Gasteiger partial charge in [0, 0.05) is 6.07 Å². The molecule has 106 valence electrons. The average molecular weight is 310 g/mol. The molecule has 0 saturated carbocycles. The molecule has 0 aliphatic carbocycles. The van der Waals surface area contributed by atoms with Crippen molar-refractivity contribution in [2.75, 3.05) is 0 Å². The molecular formula is C16H8ClN3O2. The zero-order valence-electron chi connectivity index (χ0n) is 11.2. The van der Waals surface area contributed by atoms with Gasteiger partial charge in [-0.05, 0) is 35.4 Å². The first-order valence-corrected chi connectivity index (χ1v) is 6.49. The smallest absolute Gasteiger partial charge is 0.258 e. The molecule has 0 amide bonds. The van der Waals surface area contributed by atoms with Crippen molar-refractivity contribution in [3.8, 4) is 12.1 Å². The summed E-state index contributed by atoms with van der Waals surface area (Å²) < 4.78 is 0. The van der Waals surface area contributed by atoms with Crippen LogP contribution in [-0.4, -0.2) is 4.92 Å². The number of allylic oxidation sites excluding steroid dienone is 1. The first-order valence-electron chi connectivity index (χ1n) is 6.11. The highest BCUT2D eigenvalue weighted by Crippen LogP contribution is 2.27. The van der Waals surface area contributed by atoms with Crippen LogP contribution in [0.2, 0.25) is 5.02 Å². The van der Waals surface area contributed by atoms with E-state index in [1.165, 1.54) is 18.2 Å². The first-order chi connectivity index (χ1) is 10.5. The number of nitro benzene ring substituents is 1. The Balaban J connectivity index is 2.45. The topological polar surface area (TPSA) is 90.7 Å². The second-order valence-corrected chi connectivity index (χ2v) is 4.73. The fourth-order valence-corrected chi connectivity index (χ4v) is 2.02. The van der Waals surface area contributed by atoms with Crippen LogP contribution in [0.25, 0.3) is 11.6 Å². The Bertz CT molecular complexity index is 843. The average Bonchev–Trinajstić information content (AvgIpc) is 2.54. The van der Waals surface area contributed by atoms with Crippen LogP contribution >= 0.6 is 11.6 Å². The summed E-state index contributed by atoms with van der Waals surface area (Å²) in [6.07, 6.45) is 1.53. The minimum absolute atomic E-state index is 0.0408. The summed E-state index contributed by atoms with van der Waals surface area (Å²) >= 11 is 5.75. The van der Waals surface area contributed by atoms with Crippen molar-refractivity contribution in [1.29, 1.82) is 10.5 Å². The molecule has 0 spiro atoms. The number of rotatable bonds is 3. The fraction of sp³-hybridized carbons (Fsp3) is 0. The number of nitrogens with zero attached hydrogens (tertiary/aromatic N) is 3. The van der Waals surface area contributed by atoms with Gasteiger partial charge in [-0.25, -0.2) is 0 Å². The van der Waals surface area contributed by atoms with E-state index in [9.17, 15) is 15.4 Å². The summed E-state index contributed by atoms with van der Waals surface area (Å²) in [6.45, 7) is 0. The molecule has 0 aromatic heterocycles. The lowest BCUT2D eigenvalue weighted by molar-refractivity contribution is -0.384. The van der Waals surface area contributed by atoms with Gasteiger partial charge in [-0.3, -0.25) is 10.1 Å². The van der Waals surface area contributed by atoms with E-state index in [-0.39, 0.29) is 10.7 Å². The molecule has 2 aromatic rings. The van der Waals surface area contributed by atoms with E-state index in [0.717, 1.165) is 0 Å². The number of halogens is 1. The van der Waals surface area contributed by atoms with E-state index in [1.807, 2.05) is 12.1 Å². The third-order valence-corrected chi connectivity index (χ3v) is 3.24. The van der Waals surface area contributed by atoms with E-state index >= 15 is 0 Å². The standard InChI is InChI=1S/C16H8ClN3O2/c17-15-6-3-12(8-16(15)20(21)22)7-14(10-19)13-4-1-11(9-18)2-5-13/h1-8H/b14-7-. The van der Waals surface area contributed by atoms with Crippen LogP contribution in [-0.2, 0) is 0 Å². The van der Waals surface area contributed by atoms with Crippen molar-refractivity contribution in [3.05, 3.63) is 74.3 Å². The highest BCUT2D eigenvalue weighted by Gasteiger charge is 2.12. The van der Waals surface area contributed by atoms with Gasteiger partial charge in [0.1, 0.15) is 5.02 Å². The van der Waals surface area contributed by atoms with Crippen molar-refractivity contribution >= 4 is 28.9 Å². The van der Waals surface area contributed by atoms with E-state index < -0.39 is 4.92 Å². The van der Waals surface area contributed by atoms with Gasteiger partial charge in [-0.1, -0.05) is 29.8 Å². The molecule has 22 heavy (non-hydrogen) atoms. The van der Waals surface area contributed by atoms with Gasteiger partial charge < -0.3 is 0 Å². The fourth-order valence-electron chi connectivity index (χ4n) is 1.83. The molecule has 2 rings (SSSR count). The molecule has 0 N–H and O–H groups in total. The molecule has 2 aromatic carbocycles. The predicted octanol–water partition coefficient (Wildman–Crippen LogP) is 4.18. The highest BCUT2D eigenvalue weighted by atomic mass is 35.5. The number of hydrogen-bond acceptors (Lipinski definition) is 4. The largest absolute Gasteiger partial charge is 0.288 e. The normalized spacial score (nSPS) is 10.6. The summed E-state index contributed by atoms with van der Waals surface area (Å²) in [5.41, 5.74) is 1.73. The zero-order valence-corrected chi connectivity index (χ0v) is 11.9. The van der Waals surface area contributed by atoms with Gasteiger partial charge >= 0.3 is 0 Å². The molecule has 0 bridgehead atoms. The third kappa shape index (κ3) is 3.29. The summed E-state index contributed by atoms with van der Waals surface area (Å²) in [5.74, 6) is 0. The lowest BCUT2D eigenvalue weighted by atomic mass is 10.0. The summed E-state index contributed by atoms with van der Waals surface area (Å²) in [4.78, 5) is 10.3. The summed E-state index contributed by atoms with van der Waals surface area (Å²) in [5, 5.41) is 28.9. The Hall–Kier alpha value is -3.15. The zero-order chi connectivity index (χ0) is 16.1. The molecule has 6 heteroatoms. The predicted molar refractivity (Wildman–Crippen MR) is 82.7 cm³/mol. The van der Waals surface area contributed by atoms with Gasteiger partial charge in [0.25, 0.3) is 5.69 Å². The highest BCUT2D eigenvalue weighted by molar-refractivity contribution is 6.32. The second kappa shape index (κ2) is 6.53. The number of nitriles is 2. The molecule has 0 heterocycles. The number of nitro groups is 1. The SMILES string of the molecule is N#C/C(=C/c1ccc(Cl)c([N+](=O)[O-])c1)c1ccc(C#N)cc1. The third-order valence-electron chi connectivity index (χ3n) is 2.92. The Morgan fingerprint density at radius 2 is 1.86 bits per heavy atom. The van der Waals surface area contributed by atoms with Crippen molar-refractivity contribution in [2.45, 2.75) is 0 Å². The van der Waals surface area contributed by atoms with Crippen molar-refractivity contribution in [2.24, 2.45) is 0 Å². The van der Waals surface area contributed by atoms with Gasteiger partial charge in [0.2, 0.25) is 0 Å². The Labute approximate surface area is 131 Å². The maximum atomic E-state index is 10.9. The van der Waals surface area contributed by atoms with Crippen LogP contribution in [0.4, 0.5) is 5.69 Å². The summed E-state index contributed by atoms with van der Waals surface area (Å²) in [6, 6.07) is 14.9. The summed E-state index contributed by atoms with van der Waals surface area (Å²) in [7, 11) is 0. The van der Waals surface area contributed by atoms with Crippen LogP contribution < -0.4 is 0 Å². The Morgan fingerprint density at radius 3 is 2.41 bits per heavy atom. The molecule has 0 aliphatic rings. The number of hydrogen-bond donors (Lipinski definition) is 0. The van der Waals surface area contributed by atoms with Crippen LogP contribution in [0.1, 0.15) is 16.7 Å². The van der Waals surface area contributed by atoms with Gasteiger partial charge in [0.05, 0.1) is 28.2 Å². The Morgan fingerprint density at radius 1 is 1.18 bits per heavy atom. The minimum atomic E-state index is -0.576. The van der Waals surface area contributed by atoms with Crippen molar-refractivity contribution < 1.29 is 4.92 Å². The van der Waals surface area contributed by atoms with Crippen LogP contribution in [0, 0.1) is 32.8 Å². The lowest BCUT2D eigenvalue weighted by Gasteiger charge is -2.01. The second-order valence-electron chi connectivity index (χ2n) is 4.33. The molecule has 0 saturated heterocycles. The molecule has 0 aliphatic heterocycles. The molecule has 0 atom stereocenters. The van der Waals surface area contributed by atoms with Crippen LogP contribution in [0.5, 0.6) is 0 Å². The Kier molecular flexibility index (Phi) is 4.53. The lowest BCUT2D eigenvalue weighted by Crippen LogP contribution is -1.90. The van der Waals surface area contributed by atoms with Gasteiger partial charge in [-0.15, -0.1) is 0 Å². The van der Waals surface area contributed by atoms with E-state index in [2.05, 4.69) is 0 Å².